The highest BCUT2D eigenvalue weighted by Gasteiger charge is 2.07. The summed E-state index contributed by atoms with van der Waals surface area (Å²) in [6, 6.07) is 9.18. The molecule has 4 heteroatoms. The molecule has 0 atom stereocenters. The van der Waals surface area contributed by atoms with Crippen molar-refractivity contribution in [3.63, 3.8) is 0 Å². The van der Waals surface area contributed by atoms with Crippen molar-refractivity contribution in [2.75, 3.05) is 6.61 Å². The number of ketones is 1. The summed E-state index contributed by atoms with van der Waals surface area (Å²) < 4.78 is 5.30. The lowest BCUT2D eigenvalue weighted by molar-refractivity contribution is 0.0916. The molecular formula is C12H10N2O2. The fourth-order valence-corrected chi connectivity index (χ4v) is 1.18. The van der Waals surface area contributed by atoms with Crippen LogP contribution in [0, 0.1) is 0 Å². The van der Waals surface area contributed by atoms with Crippen LogP contribution in [-0.2, 0) is 0 Å². The number of nitrogens with zero attached hydrogens (tertiary/aromatic N) is 2. The van der Waals surface area contributed by atoms with Gasteiger partial charge in [0, 0.05) is 12.4 Å². The molecule has 0 aliphatic carbocycles. The summed E-state index contributed by atoms with van der Waals surface area (Å²) in [4.78, 5) is 19.3. The van der Waals surface area contributed by atoms with Gasteiger partial charge in [-0.2, -0.15) is 0 Å². The van der Waals surface area contributed by atoms with E-state index < -0.39 is 0 Å². The summed E-state index contributed by atoms with van der Waals surface area (Å²) in [6.45, 7) is -0.0251. The van der Waals surface area contributed by atoms with Crippen molar-refractivity contribution in [1.82, 2.24) is 9.97 Å². The number of ether oxygens (including phenoxy) is 1. The lowest BCUT2D eigenvalue weighted by atomic mass is 10.3. The van der Waals surface area contributed by atoms with Crippen LogP contribution in [0.3, 0.4) is 0 Å². The van der Waals surface area contributed by atoms with Crippen LogP contribution in [0.15, 0.2) is 48.9 Å². The lowest BCUT2D eigenvalue weighted by Gasteiger charge is -2.03. The first-order valence-electron chi connectivity index (χ1n) is 4.83. The number of carbonyl (C=O) groups excluding carboxylic acids is 1. The predicted octanol–water partition coefficient (Wildman–Crippen LogP) is 1.74. The molecule has 16 heavy (non-hydrogen) atoms. The third-order valence-electron chi connectivity index (χ3n) is 1.96. The maximum Gasteiger partial charge on any atom is 0.220 e. The maximum absolute atomic E-state index is 11.6. The Morgan fingerprint density at radius 1 is 1.19 bits per heavy atom. The minimum atomic E-state index is -0.183. The van der Waals surface area contributed by atoms with Crippen molar-refractivity contribution < 1.29 is 9.53 Å². The largest absolute Gasteiger partial charge is 0.485 e. The Kier molecular flexibility index (Phi) is 3.23. The molecule has 2 aromatic rings. The summed E-state index contributed by atoms with van der Waals surface area (Å²) in [5.41, 5.74) is 0.318. The maximum atomic E-state index is 11.6. The number of benzene rings is 1. The van der Waals surface area contributed by atoms with E-state index in [0.29, 0.717) is 11.4 Å². The van der Waals surface area contributed by atoms with E-state index in [-0.39, 0.29) is 12.4 Å². The number of aromatic nitrogens is 2. The molecule has 2 rings (SSSR count). The highest BCUT2D eigenvalue weighted by Crippen LogP contribution is 2.08. The van der Waals surface area contributed by atoms with Gasteiger partial charge in [-0.25, -0.2) is 4.98 Å². The third-order valence-corrected chi connectivity index (χ3v) is 1.96. The lowest BCUT2D eigenvalue weighted by Crippen LogP contribution is -2.13. The second kappa shape index (κ2) is 5.02. The molecule has 0 unspecified atom stereocenters. The second-order valence-electron chi connectivity index (χ2n) is 3.12. The van der Waals surface area contributed by atoms with Gasteiger partial charge >= 0.3 is 0 Å². The summed E-state index contributed by atoms with van der Waals surface area (Å²) in [6.07, 6.45) is 4.43. The normalized spacial score (nSPS) is 9.75. The van der Waals surface area contributed by atoms with E-state index in [1.165, 1.54) is 18.6 Å². The van der Waals surface area contributed by atoms with Gasteiger partial charge in [-0.15, -0.1) is 0 Å². The van der Waals surface area contributed by atoms with Gasteiger partial charge in [-0.05, 0) is 12.1 Å². The van der Waals surface area contributed by atoms with Gasteiger partial charge in [-0.3, -0.25) is 9.78 Å². The molecule has 4 nitrogen and oxygen atoms in total. The summed E-state index contributed by atoms with van der Waals surface area (Å²) >= 11 is 0. The van der Waals surface area contributed by atoms with Crippen LogP contribution in [0.1, 0.15) is 10.5 Å². The topological polar surface area (TPSA) is 52.1 Å². The van der Waals surface area contributed by atoms with Gasteiger partial charge in [-0.1, -0.05) is 18.2 Å². The van der Waals surface area contributed by atoms with Crippen LogP contribution < -0.4 is 4.74 Å². The minimum absolute atomic E-state index is 0.0251. The van der Waals surface area contributed by atoms with Gasteiger partial charge in [0.25, 0.3) is 0 Å². The molecular weight excluding hydrogens is 204 g/mol. The van der Waals surface area contributed by atoms with Crippen LogP contribution in [0.5, 0.6) is 5.75 Å². The molecule has 1 heterocycles. The Labute approximate surface area is 92.9 Å². The SMILES string of the molecule is O=C(COc1ccccc1)c1cnccn1. The Hall–Kier alpha value is -2.23. The fourth-order valence-electron chi connectivity index (χ4n) is 1.18. The van der Waals surface area contributed by atoms with E-state index in [4.69, 9.17) is 4.74 Å². The minimum Gasteiger partial charge on any atom is -0.485 e. The van der Waals surface area contributed by atoms with E-state index in [1.54, 1.807) is 12.1 Å². The molecule has 0 radical (unpaired) electrons. The standard InChI is InChI=1S/C12H10N2O2/c15-12(11-8-13-6-7-14-11)9-16-10-4-2-1-3-5-10/h1-8H,9H2. The number of carbonyl (C=O) groups is 1. The van der Waals surface area contributed by atoms with Crippen LogP contribution >= 0.6 is 0 Å². The average Bonchev–Trinajstić information content (AvgIpc) is 2.38. The van der Waals surface area contributed by atoms with Gasteiger partial charge in [0.2, 0.25) is 5.78 Å². The van der Waals surface area contributed by atoms with Crippen LogP contribution in [0.25, 0.3) is 0 Å². The van der Waals surface area contributed by atoms with E-state index in [2.05, 4.69) is 9.97 Å². The van der Waals surface area contributed by atoms with E-state index in [0.717, 1.165) is 0 Å². The van der Waals surface area contributed by atoms with Gasteiger partial charge < -0.3 is 4.74 Å². The Morgan fingerprint density at radius 2 is 2.00 bits per heavy atom. The molecule has 0 saturated carbocycles. The molecule has 0 bridgehead atoms. The molecule has 0 saturated heterocycles. The number of hydrogen-bond donors (Lipinski definition) is 0. The zero-order valence-corrected chi connectivity index (χ0v) is 8.54. The first-order valence-corrected chi connectivity index (χ1v) is 4.83. The number of Topliss-reactive ketones (excluding diaryl/α,β-unsaturated/α-hetero) is 1. The van der Waals surface area contributed by atoms with Crippen LogP contribution in [0.2, 0.25) is 0 Å². The molecule has 0 aliphatic heterocycles. The highest BCUT2D eigenvalue weighted by molar-refractivity contribution is 5.95. The van der Waals surface area contributed by atoms with Gasteiger partial charge in [0.05, 0.1) is 6.20 Å². The zero-order valence-electron chi connectivity index (χ0n) is 8.54. The Morgan fingerprint density at radius 3 is 2.69 bits per heavy atom. The second-order valence-corrected chi connectivity index (χ2v) is 3.12. The Balaban J connectivity index is 1.95. The Bertz CT molecular complexity index is 457. The van der Waals surface area contributed by atoms with E-state index >= 15 is 0 Å². The third kappa shape index (κ3) is 2.63. The molecule has 80 valence electrons. The monoisotopic (exact) mass is 214 g/mol. The first-order chi connectivity index (χ1) is 7.86. The quantitative estimate of drug-likeness (QED) is 0.727. The zero-order chi connectivity index (χ0) is 11.2. The summed E-state index contributed by atoms with van der Waals surface area (Å²) in [5, 5.41) is 0. The smallest absolute Gasteiger partial charge is 0.220 e. The molecule has 0 N–H and O–H groups in total. The van der Waals surface area contributed by atoms with Crippen molar-refractivity contribution in [2.45, 2.75) is 0 Å². The average molecular weight is 214 g/mol. The highest BCUT2D eigenvalue weighted by atomic mass is 16.5. The molecule has 1 aromatic carbocycles. The van der Waals surface area contributed by atoms with Crippen LogP contribution in [-0.4, -0.2) is 22.4 Å². The number of para-hydroxylation sites is 1. The van der Waals surface area contributed by atoms with Gasteiger partial charge in [0.15, 0.2) is 6.61 Å². The predicted molar refractivity (Wildman–Crippen MR) is 58.3 cm³/mol. The van der Waals surface area contributed by atoms with Crippen molar-refractivity contribution in [3.05, 3.63) is 54.6 Å². The van der Waals surface area contributed by atoms with E-state index in [1.807, 2.05) is 18.2 Å². The van der Waals surface area contributed by atoms with Crippen molar-refractivity contribution in [1.29, 1.82) is 0 Å². The molecule has 0 aliphatic rings. The van der Waals surface area contributed by atoms with Crippen molar-refractivity contribution in [2.24, 2.45) is 0 Å². The van der Waals surface area contributed by atoms with Gasteiger partial charge in [0.1, 0.15) is 11.4 Å². The molecule has 0 amide bonds. The number of hydrogen-bond acceptors (Lipinski definition) is 4. The summed E-state index contributed by atoms with van der Waals surface area (Å²) in [5.74, 6) is 0.483. The van der Waals surface area contributed by atoms with Crippen LogP contribution in [0.4, 0.5) is 0 Å². The molecule has 0 fully saturated rings. The molecule has 0 spiro atoms. The van der Waals surface area contributed by atoms with Crippen molar-refractivity contribution in [3.8, 4) is 5.75 Å². The molecule has 1 aromatic heterocycles. The van der Waals surface area contributed by atoms with Crippen molar-refractivity contribution >= 4 is 5.78 Å². The number of rotatable bonds is 4. The summed E-state index contributed by atoms with van der Waals surface area (Å²) in [7, 11) is 0. The first kappa shape index (κ1) is 10.3. The van der Waals surface area contributed by atoms with E-state index in [9.17, 15) is 4.79 Å². The fraction of sp³-hybridized carbons (Fsp3) is 0.0833.